The molecule has 1 aliphatic carbocycles. The van der Waals surface area contributed by atoms with Crippen molar-refractivity contribution in [2.45, 2.75) is 12.8 Å². The van der Waals surface area contributed by atoms with Gasteiger partial charge < -0.3 is 4.74 Å². The summed E-state index contributed by atoms with van der Waals surface area (Å²) >= 11 is 1.52. The van der Waals surface area contributed by atoms with Crippen molar-refractivity contribution in [2.24, 2.45) is 0 Å². The van der Waals surface area contributed by atoms with E-state index >= 15 is 0 Å². The molecule has 0 spiro atoms. The van der Waals surface area contributed by atoms with Crippen molar-refractivity contribution in [1.29, 1.82) is 0 Å². The topological polar surface area (TPSA) is 51.2 Å². The Morgan fingerprint density at radius 2 is 1.96 bits per heavy atom. The summed E-state index contributed by atoms with van der Waals surface area (Å²) in [5.41, 5.74) is 4.25. The van der Waals surface area contributed by atoms with Gasteiger partial charge in [-0.15, -0.1) is 0 Å². The molecule has 5 heteroatoms. The van der Waals surface area contributed by atoms with E-state index in [4.69, 9.17) is 9.72 Å². The molecule has 0 atom stereocenters. The molecule has 0 saturated carbocycles. The van der Waals surface area contributed by atoms with Crippen LogP contribution >= 0.6 is 11.3 Å². The quantitative estimate of drug-likeness (QED) is 0.570. The van der Waals surface area contributed by atoms with Gasteiger partial charge in [0.2, 0.25) is 0 Å². The number of amides is 1. The number of carbonyl (C=O) groups is 1. The maximum absolute atomic E-state index is 12.6. The number of fused-ring (bicyclic) bond motifs is 2. The fourth-order valence-electron chi connectivity index (χ4n) is 3.75. The number of hydrogen-bond acceptors (Lipinski definition) is 4. The molecule has 1 aliphatic rings. The summed E-state index contributed by atoms with van der Waals surface area (Å²) < 4.78 is 6.39. The van der Waals surface area contributed by atoms with Gasteiger partial charge in [-0.1, -0.05) is 41.7 Å². The fourth-order valence-corrected chi connectivity index (χ4v) is 4.70. The number of para-hydroxylation sites is 1. The predicted octanol–water partition coefficient (Wildman–Crippen LogP) is 4.81. The highest BCUT2D eigenvalue weighted by atomic mass is 32.1. The van der Waals surface area contributed by atoms with Gasteiger partial charge in [0.15, 0.2) is 5.13 Å². The van der Waals surface area contributed by atoms with E-state index in [1.807, 2.05) is 12.1 Å². The minimum Gasteiger partial charge on any atom is -0.496 e. The zero-order valence-corrected chi connectivity index (χ0v) is 15.0. The number of aryl methyl sites for hydroxylation is 2. The van der Waals surface area contributed by atoms with Crippen molar-refractivity contribution in [3.63, 3.8) is 0 Å². The molecule has 128 valence electrons. The number of benzene rings is 3. The van der Waals surface area contributed by atoms with E-state index in [-0.39, 0.29) is 5.91 Å². The predicted molar refractivity (Wildman–Crippen MR) is 105 cm³/mol. The van der Waals surface area contributed by atoms with E-state index in [2.05, 4.69) is 29.6 Å². The van der Waals surface area contributed by atoms with E-state index in [1.165, 1.54) is 33.2 Å². The Labute approximate surface area is 154 Å². The minimum absolute atomic E-state index is 0.209. The lowest BCUT2D eigenvalue weighted by Gasteiger charge is -2.06. The molecule has 0 fully saturated rings. The number of rotatable bonds is 3. The van der Waals surface area contributed by atoms with Gasteiger partial charge in [0.1, 0.15) is 5.75 Å². The van der Waals surface area contributed by atoms with Gasteiger partial charge in [0, 0.05) is 5.39 Å². The van der Waals surface area contributed by atoms with Crippen LogP contribution in [0.1, 0.15) is 21.5 Å². The van der Waals surface area contributed by atoms with Crippen LogP contribution in [-0.4, -0.2) is 18.0 Å². The van der Waals surface area contributed by atoms with Crippen molar-refractivity contribution >= 4 is 43.4 Å². The molecule has 1 heterocycles. The van der Waals surface area contributed by atoms with Crippen molar-refractivity contribution in [3.8, 4) is 5.75 Å². The summed E-state index contributed by atoms with van der Waals surface area (Å²) in [6.45, 7) is 0. The molecule has 0 unspecified atom stereocenters. The number of thiazole rings is 1. The van der Waals surface area contributed by atoms with Gasteiger partial charge in [-0.3, -0.25) is 10.1 Å². The summed E-state index contributed by atoms with van der Waals surface area (Å²) in [6, 6.07) is 15.8. The first kappa shape index (κ1) is 15.3. The van der Waals surface area contributed by atoms with E-state index in [0.29, 0.717) is 16.4 Å². The Morgan fingerprint density at radius 3 is 2.85 bits per heavy atom. The normalized spacial score (nSPS) is 12.7. The molecule has 1 aromatic heterocycles. The molecule has 26 heavy (non-hydrogen) atoms. The molecule has 4 aromatic rings. The molecule has 4 nitrogen and oxygen atoms in total. The largest absolute Gasteiger partial charge is 0.496 e. The maximum atomic E-state index is 12.6. The van der Waals surface area contributed by atoms with Crippen LogP contribution in [0.2, 0.25) is 0 Å². The van der Waals surface area contributed by atoms with Crippen LogP contribution in [0.25, 0.3) is 21.0 Å². The summed E-state index contributed by atoms with van der Waals surface area (Å²) in [5.74, 6) is 0.344. The van der Waals surface area contributed by atoms with Crippen LogP contribution in [0.15, 0.2) is 48.5 Å². The van der Waals surface area contributed by atoms with Crippen LogP contribution in [0.5, 0.6) is 5.75 Å². The zero-order chi connectivity index (χ0) is 17.7. The molecule has 0 radical (unpaired) electrons. The van der Waals surface area contributed by atoms with Crippen LogP contribution in [0, 0.1) is 0 Å². The fraction of sp³-hybridized carbons (Fsp3) is 0.143. The molecule has 0 aliphatic heterocycles. The van der Waals surface area contributed by atoms with Crippen molar-refractivity contribution in [2.75, 3.05) is 12.4 Å². The van der Waals surface area contributed by atoms with Gasteiger partial charge in [0.25, 0.3) is 5.91 Å². The third-order valence-corrected chi connectivity index (χ3v) is 5.84. The van der Waals surface area contributed by atoms with Crippen molar-refractivity contribution in [3.05, 3.63) is 65.2 Å². The Morgan fingerprint density at radius 1 is 1.12 bits per heavy atom. The van der Waals surface area contributed by atoms with Gasteiger partial charge in [-0.2, -0.15) is 0 Å². The number of anilines is 1. The number of carbonyl (C=O) groups excluding carboxylic acids is 1. The van der Waals surface area contributed by atoms with Gasteiger partial charge in [0.05, 0.1) is 22.9 Å². The Hall–Kier alpha value is -2.92. The Balaban J connectivity index is 1.58. The highest BCUT2D eigenvalue weighted by Gasteiger charge is 2.19. The molecular weight excluding hydrogens is 344 g/mol. The molecule has 1 N–H and O–H groups in total. The molecular formula is C21H16N2O2S. The molecule has 1 amide bonds. The number of hydrogen-bond donors (Lipinski definition) is 1. The average Bonchev–Trinajstić information content (AvgIpc) is 3.27. The SMILES string of the molecule is COc1ccccc1C(=O)Nc1nc2c(cc3c4c(cccc42)CC3)s1. The number of methoxy groups -OCH3 is 1. The van der Waals surface area contributed by atoms with Crippen LogP contribution < -0.4 is 10.1 Å². The second kappa shape index (κ2) is 5.81. The van der Waals surface area contributed by atoms with E-state index < -0.39 is 0 Å². The summed E-state index contributed by atoms with van der Waals surface area (Å²) in [7, 11) is 1.56. The van der Waals surface area contributed by atoms with Crippen LogP contribution in [0.4, 0.5) is 5.13 Å². The van der Waals surface area contributed by atoms with E-state index in [1.54, 1.807) is 19.2 Å². The molecule has 0 bridgehead atoms. The third-order valence-electron chi connectivity index (χ3n) is 4.92. The first-order valence-corrected chi connectivity index (χ1v) is 9.34. The summed E-state index contributed by atoms with van der Waals surface area (Å²) in [6.07, 6.45) is 2.17. The van der Waals surface area contributed by atoms with Crippen molar-refractivity contribution in [1.82, 2.24) is 4.98 Å². The molecule has 5 rings (SSSR count). The second-order valence-electron chi connectivity index (χ2n) is 6.40. The number of ether oxygens (including phenoxy) is 1. The number of nitrogens with one attached hydrogen (secondary N) is 1. The Kier molecular flexibility index (Phi) is 3.43. The van der Waals surface area contributed by atoms with Crippen LogP contribution in [-0.2, 0) is 12.8 Å². The lowest BCUT2D eigenvalue weighted by atomic mass is 10.0. The third kappa shape index (κ3) is 2.28. The van der Waals surface area contributed by atoms with Gasteiger partial charge in [-0.25, -0.2) is 4.98 Å². The highest BCUT2D eigenvalue weighted by molar-refractivity contribution is 7.22. The average molecular weight is 360 g/mol. The Bertz CT molecular complexity index is 1180. The van der Waals surface area contributed by atoms with Crippen LogP contribution in [0.3, 0.4) is 0 Å². The first-order valence-electron chi connectivity index (χ1n) is 8.53. The zero-order valence-electron chi connectivity index (χ0n) is 14.2. The lowest BCUT2D eigenvalue weighted by Crippen LogP contribution is -2.12. The number of nitrogens with zero attached hydrogens (tertiary/aromatic N) is 1. The summed E-state index contributed by atoms with van der Waals surface area (Å²) in [4.78, 5) is 17.4. The van der Waals surface area contributed by atoms with Gasteiger partial charge >= 0.3 is 0 Å². The highest BCUT2D eigenvalue weighted by Crippen LogP contribution is 2.39. The maximum Gasteiger partial charge on any atom is 0.261 e. The second-order valence-corrected chi connectivity index (χ2v) is 7.43. The monoisotopic (exact) mass is 360 g/mol. The first-order chi connectivity index (χ1) is 12.7. The van der Waals surface area contributed by atoms with Crippen molar-refractivity contribution < 1.29 is 9.53 Å². The molecule has 0 saturated heterocycles. The minimum atomic E-state index is -0.209. The number of aromatic nitrogens is 1. The van der Waals surface area contributed by atoms with E-state index in [0.717, 1.165) is 23.1 Å². The van der Waals surface area contributed by atoms with Gasteiger partial charge in [-0.05, 0) is 47.6 Å². The molecule has 3 aromatic carbocycles. The van der Waals surface area contributed by atoms with E-state index in [9.17, 15) is 4.79 Å². The standard InChI is InChI=1S/C21H16N2O2S/c1-25-16-8-3-2-6-14(16)20(24)23-21-22-19-15-7-4-5-12-9-10-13(18(12)15)11-17(19)26-21/h2-8,11H,9-10H2,1H3,(H,22,23,24). The summed E-state index contributed by atoms with van der Waals surface area (Å²) in [5, 5.41) is 6.06. The lowest BCUT2D eigenvalue weighted by molar-refractivity contribution is 0.102. The smallest absolute Gasteiger partial charge is 0.261 e.